The lowest BCUT2D eigenvalue weighted by atomic mass is 10.1. The van der Waals surface area contributed by atoms with E-state index in [4.69, 9.17) is 10.5 Å². The maximum absolute atomic E-state index is 12.2. The van der Waals surface area contributed by atoms with Gasteiger partial charge in [0.1, 0.15) is 5.82 Å². The Morgan fingerprint density at radius 1 is 1.26 bits per heavy atom. The van der Waals surface area contributed by atoms with E-state index in [1.54, 1.807) is 24.3 Å². The number of benzene rings is 1. The van der Waals surface area contributed by atoms with Crippen molar-refractivity contribution in [2.45, 2.75) is 6.92 Å². The second kappa shape index (κ2) is 5.39. The van der Waals surface area contributed by atoms with Crippen molar-refractivity contribution in [2.24, 2.45) is 0 Å². The van der Waals surface area contributed by atoms with E-state index in [0.29, 0.717) is 22.8 Å². The number of aromatic nitrogens is 1. The smallest absolute Gasteiger partial charge is 0.260 e. The summed E-state index contributed by atoms with van der Waals surface area (Å²) in [4.78, 5) is 16.4. The van der Waals surface area contributed by atoms with Crippen molar-refractivity contribution in [1.82, 2.24) is 4.98 Å². The lowest BCUT2D eigenvalue weighted by molar-refractivity contribution is 0.102. The van der Waals surface area contributed by atoms with Gasteiger partial charge in [-0.25, -0.2) is 4.98 Å². The molecule has 1 aromatic heterocycles. The number of nitrogens with two attached hydrogens (primary N) is 1. The zero-order valence-corrected chi connectivity index (χ0v) is 10.8. The molecule has 0 saturated carbocycles. The molecule has 2 rings (SSSR count). The average molecular weight is 257 g/mol. The molecule has 5 heteroatoms. The van der Waals surface area contributed by atoms with Gasteiger partial charge in [-0.15, -0.1) is 0 Å². The van der Waals surface area contributed by atoms with Crippen molar-refractivity contribution in [1.29, 1.82) is 0 Å². The number of hydrogen-bond donors (Lipinski definition) is 2. The molecule has 0 spiro atoms. The summed E-state index contributed by atoms with van der Waals surface area (Å²) in [5.41, 5.74) is 7.40. The topological polar surface area (TPSA) is 77.2 Å². The fourth-order valence-corrected chi connectivity index (χ4v) is 1.76. The molecule has 0 unspecified atom stereocenters. The third-order valence-corrected chi connectivity index (χ3v) is 2.62. The summed E-state index contributed by atoms with van der Waals surface area (Å²) in [6.07, 6.45) is 0. The third-order valence-electron chi connectivity index (χ3n) is 2.62. The van der Waals surface area contributed by atoms with Crippen LogP contribution in [0.2, 0.25) is 0 Å². The molecule has 0 aliphatic heterocycles. The van der Waals surface area contributed by atoms with Crippen LogP contribution < -0.4 is 15.8 Å². The van der Waals surface area contributed by atoms with E-state index >= 15 is 0 Å². The molecule has 3 N–H and O–H groups in total. The summed E-state index contributed by atoms with van der Waals surface area (Å²) in [6.45, 7) is 1.86. The molecule has 0 bridgehead atoms. The van der Waals surface area contributed by atoms with Crippen molar-refractivity contribution in [3.05, 3.63) is 47.7 Å². The summed E-state index contributed by atoms with van der Waals surface area (Å²) in [6, 6.07) is 10.5. The van der Waals surface area contributed by atoms with Gasteiger partial charge in [0.2, 0.25) is 0 Å². The zero-order chi connectivity index (χ0) is 13.8. The Morgan fingerprint density at radius 3 is 2.68 bits per heavy atom. The first kappa shape index (κ1) is 12.9. The molecule has 0 saturated heterocycles. The Hall–Kier alpha value is -2.56. The molecule has 2 aromatic rings. The Kier molecular flexibility index (Phi) is 3.66. The van der Waals surface area contributed by atoms with Gasteiger partial charge in [-0.1, -0.05) is 12.1 Å². The number of carbonyl (C=O) groups is 1. The van der Waals surface area contributed by atoms with Gasteiger partial charge in [0.05, 0.1) is 18.4 Å². The van der Waals surface area contributed by atoms with E-state index in [9.17, 15) is 4.79 Å². The number of hydrogen-bond acceptors (Lipinski definition) is 4. The van der Waals surface area contributed by atoms with Crippen LogP contribution >= 0.6 is 0 Å². The van der Waals surface area contributed by atoms with Gasteiger partial charge in [-0.05, 0) is 31.2 Å². The first-order valence-corrected chi connectivity index (χ1v) is 5.79. The lowest BCUT2D eigenvalue weighted by Gasteiger charge is -2.11. The van der Waals surface area contributed by atoms with Gasteiger partial charge < -0.3 is 15.8 Å². The second-order valence-electron chi connectivity index (χ2n) is 4.05. The monoisotopic (exact) mass is 257 g/mol. The number of anilines is 2. The molecule has 5 nitrogen and oxygen atoms in total. The summed E-state index contributed by atoms with van der Waals surface area (Å²) >= 11 is 0. The predicted molar refractivity (Wildman–Crippen MR) is 74.3 cm³/mol. The Balaban J connectivity index is 2.28. The number of pyridine rings is 1. The molecule has 1 aromatic carbocycles. The minimum atomic E-state index is -0.303. The van der Waals surface area contributed by atoms with Crippen LogP contribution in [0.4, 0.5) is 11.5 Å². The number of nitrogens with one attached hydrogen (secondary N) is 1. The van der Waals surface area contributed by atoms with E-state index < -0.39 is 0 Å². The van der Waals surface area contributed by atoms with Gasteiger partial charge in [0.25, 0.3) is 5.91 Å². The van der Waals surface area contributed by atoms with E-state index in [2.05, 4.69) is 10.3 Å². The summed E-state index contributed by atoms with van der Waals surface area (Å²) in [7, 11) is 1.48. The maximum atomic E-state index is 12.2. The first-order valence-electron chi connectivity index (χ1n) is 5.79. The van der Waals surface area contributed by atoms with Gasteiger partial charge >= 0.3 is 0 Å². The minimum Gasteiger partial charge on any atom is -0.494 e. The fraction of sp³-hybridized carbons (Fsp3) is 0.143. The van der Waals surface area contributed by atoms with Crippen molar-refractivity contribution >= 4 is 17.4 Å². The number of carbonyl (C=O) groups excluding carboxylic acids is 1. The molecule has 0 aliphatic carbocycles. The molecule has 0 fully saturated rings. The SMILES string of the molecule is COc1c(N)cccc1C(=O)Nc1cccc(C)n1. The van der Waals surface area contributed by atoms with Crippen LogP contribution in [-0.4, -0.2) is 18.0 Å². The molecule has 1 heterocycles. The standard InChI is InChI=1S/C14H15N3O2/c1-9-5-3-8-12(16-9)17-14(18)10-6-4-7-11(15)13(10)19-2/h3-8H,15H2,1-2H3,(H,16,17,18). The molecule has 19 heavy (non-hydrogen) atoms. The van der Waals surface area contributed by atoms with Gasteiger partial charge in [-0.3, -0.25) is 4.79 Å². The Bertz CT molecular complexity index is 611. The highest BCUT2D eigenvalue weighted by Crippen LogP contribution is 2.26. The highest BCUT2D eigenvalue weighted by Gasteiger charge is 2.14. The number of nitrogen functional groups attached to an aromatic ring is 1. The summed E-state index contributed by atoms with van der Waals surface area (Å²) in [5, 5.41) is 2.72. The van der Waals surface area contributed by atoms with Crippen molar-refractivity contribution < 1.29 is 9.53 Å². The van der Waals surface area contributed by atoms with Crippen LogP contribution in [0.15, 0.2) is 36.4 Å². The predicted octanol–water partition coefficient (Wildman–Crippen LogP) is 2.23. The van der Waals surface area contributed by atoms with Crippen LogP contribution in [0, 0.1) is 6.92 Å². The maximum Gasteiger partial charge on any atom is 0.260 e. The number of nitrogens with zero attached hydrogens (tertiary/aromatic N) is 1. The normalized spacial score (nSPS) is 10.0. The highest BCUT2D eigenvalue weighted by molar-refractivity contribution is 6.06. The molecule has 0 atom stereocenters. The number of rotatable bonds is 3. The number of ether oxygens (including phenoxy) is 1. The van der Waals surface area contributed by atoms with Crippen molar-refractivity contribution in [3.8, 4) is 5.75 Å². The largest absolute Gasteiger partial charge is 0.494 e. The van der Waals surface area contributed by atoms with Crippen molar-refractivity contribution in [2.75, 3.05) is 18.2 Å². The van der Waals surface area contributed by atoms with Crippen LogP contribution in [0.25, 0.3) is 0 Å². The molecule has 0 aliphatic rings. The fourth-order valence-electron chi connectivity index (χ4n) is 1.76. The Morgan fingerprint density at radius 2 is 2.00 bits per heavy atom. The quantitative estimate of drug-likeness (QED) is 0.827. The highest BCUT2D eigenvalue weighted by atomic mass is 16.5. The first-order chi connectivity index (χ1) is 9.11. The number of para-hydroxylation sites is 1. The molecular formula is C14H15N3O2. The lowest BCUT2D eigenvalue weighted by Crippen LogP contribution is -2.15. The van der Waals surface area contributed by atoms with Gasteiger partial charge in [0, 0.05) is 5.69 Å². The zero-order valence-electron chi connectivity index (χ0n) is 10.8. The van der Waals surface area contributed by atoms with Crippen LogP contribution in [-0.2, 0) is 0 Å². The van der Waals surface area contributed by atoms with E-state index in [1.165, 1.54) is 7.11 Å². The van der Waals surface area contributed by atoms with Gasteiger partial charge in [0.15, 0.2) is 5.75 Å². The average Bonchev–Trinajstić information content (AvgIpc) is 2.38. The van der Waals surface area contributed by atoms with E-state index in [0.717, 1.165) is 5.69 Å². The number of aryl methyl sites for hydroxylation is 1. The Labute approximate surface area is 111 Å². The number of amides is 1. The molecular weight excluding hydrogens is 242 g/mol. The third kappa shape index (κ3) is 2.82. The van der Waals surface area contributed by atoms with E-state index in [1.807, 2.05) is 19.1 Å². The van der Waals surface area contributed by atoms with E-state index in [-0.39, 0.29) is 5.91 Å². The van der Waals surface area contributed by atoms with Crippen LogP contribution in [0.3, 0.4) is 0 Å². The van der Waals surface area contributed by atoms with Crippen LogP contribution in [0.1, 0.15) is 16.1 Å². The second-order valence-corrected chi connectivity index (χ2v) is 4.05. The van der Waals surface area contributed by atoms with Gasteiger partial charge in [-0.2, -0.15) is 0 Å². The summed E-state index contributed by atoms with van der Waals surface area (Å²) in [5.74, 6) is 0.560. The summed E-state index contributed by atoms with van der Waals surface area (Å²) < 4.78 is 5.15. The molecule has 98 valence electrons. The molecule has 0 radical (unpaired) electrons. The molecule has 1 amide bonds. The van der Waals surface area contributed by atoms with Crippen molar-refractivity contribution in [3.63, 3.8) is 0 Å². The van der Waals surface area contributed by atoms with Crippen LogP contribution in [0.5, 0.6) is 5.75 Å². The minimum absolute atomic E-state index is 0.303. The number of methoxy groups -OCH3 is 1.